The van der Waals surface area contributed by atoms with Crippen molar-refractivity contribution >= 4 is 52.8 Å². The fraction of sp³-hybridized carbons (Fsp3) is 0.676. The third-order valence-electron chi connectivity index (χ3n) is 11.0. The maximum absolute atomic E-state index is 13.8. The second-order valence-corrected chi connectivity index (χ2v) is 14.9. The lowest BCUT2D eigenvalue weighted by Crippen LogP contribution is -2.53. The Hall–Kier alpha value is -2.85. The highest BCUT2D eigenvalue weighted by molar-refractivity contribution is 6.35. The van der Waals surface area contributed by atoms with Crippen LogP contribution in [-0.4, -0.2) is 82.8 Å². The Morgan fingerprint density at radius 1 is 0.696 bits per heavy atom. The molecule has 1 aromatic carbocycles. The highest BCUT2D eigenvalue weighted by atomic mass is 35.5. The number of benzene rings is 1. The van der Waals surface area contributed by atoms with Gasteiger partial charge in [-0.3, -0.25) is 24.0 Å². The lowest BCUT2D eigenvalue weighted by molar-refractivity contribution is -0.145. The molecule has 10 nitrogen and oxygen atoms in total. The molecule has 2 aliphatic carbocycles. The number of nitrogens with one attached hydrogen (secondary N) is 2. The summed E-state index contributed by atoms with van der Waals surface area (Å²) in [5.41, 5.74) is 0.776. The number of piperidine rings is 2. The van der Waals surface area contributed by atoms with Gasteiger partial charge < -0.3 is 25.5 Å². The molecule has 0 bridgehead atoms. The SMILES string of the molecule is O=C(O)C[C@@H](NC(=O)CC[C@@H](NC(=O)c1cc(Cl)cc(Cl)c1)C(=O)N1CCC2(CCCC2)CC1)C(=O)N1CCC2(CCCC2)CC1. The molecule has 4 amide bonds. The Kier molecular flexibility index (Phi) is 11.2. The molecule has 4 fully saturated rings. The van der Waals surface area contributed by atoms with Gasteiger partial charge in [0, 0.05) is 48.2 Å². The first kappa shape index (κ1) is 34.5. The van der Waals surface area contributed by atoms with Gasteiger partial charge in [0.05, 0.1) is 6.42 Å². The number of halogens is 2. The van der Waals surface area contributed by atoms with E-state index in [1.807, 2.05) is 0 Å². The number of nitrogens with zero attached hydrogens (tertiary/aromatic N) is 2. The van der Waals surface area contributed by atoms with E-state index < -0.39 is 42.2 Å². The van der Waals surface area contributed by atoms with Gasteiger partial charge in [0.2, 0.25) is 17.7 Å². The molecule has 2 saturated carbocycles. The van der Waals surface area contributed by atoms with Gasteiger partial charge in [-0.1, -0.05) is 48.9 Å². The zero-order valence-electron chi connectivity index (χ0n) is 26.5. The molecule has 3 N–H and O–H groups in total. The van der Waals surface area contributed by atoms with Crippen molar-refractivity contribution in [1.82, 2.24) is 20.4 Å². The molecule has 2 atom stereocenters. The van der Waals surface area contributed by atoms with Crippen molar-refractivity contribution in [1.29, 1.82) is 0 Å². The van der Waals surface area contributed by atoms with Crippen molar-refractivity contribution in [3.63, 3.8) is 0 Å². The van der Waals surface area contributed by atoms with Gasteiger partial charge in [-0.2, -0.15) is 0 Å². The minimum absolute atomic E-state index is 0.0213. The summed E-state index contributed by atoms with van der Waals surface area (Å²) < 4.78 is 0. The lowest BCUT2D eigenvalue weighted by Gasteiger charge is -2.40. The Bertz CT molecular complexity index is 1290. The summed E-state index contributed by atoms with van der Waals surface area (Å²) in [6.07, 6.45) is 12.4. The fourth-order valence-corrected chi connectivity index (χ4v) is 8.72. The van der Waals surface area contributed by atoms with E-state index in [1.165, 1.54) is 69.6 Å². The highest BCUT2D eigenvalue weighted by Gasteiger charge is 2.41. The van der Waals surface area contributed by atoms with E-state index in [9.17, 15) is 29.1 Å². The Balaban J connectivity index is 1.22. The molecule has 46 heavy (non-hydrogen) atoms. The number of carboxylic acid groups (broad SMARTS) is 1. The molecule has 2 saturated heterocycles. The van der Waals surface area contributed by atoms with Crippen LogP contribution < -0.4 is 10.6 Å². The van der Waals surface area contributed by atoms with Crippen LogP contribution >= 0.6 is 23.2 Å². The lowest BCUT2D eigenvalue weighted by atomic mass is 9.77. The van der Waals surface area contributed by atoms with Crippen molar-refractivity contribution in [3.8, 4) is 0 Å². The molecule has 0 unspecified atom stereocenters. The molecule has 2 spiro atoms. The quantitative estimate of drug-likeness (QED) is 0.312. The first-order valence-corrected chi connectivity index (χ1v) is 17.6. The van der Waals surface area contributed by atoms with E-state index in [0.717, 1.165) is 25.7 Å². The largest absolute Gasteiger partial charge is 0.481 e. The summed E-state index contributed by atoms with van der Waals surface area (Å²) in [5, 5.41) is 15.5. The molecule has 12 heteroatoms. The number of hydrogen-bond acceptors (Lipinski definition) is 5. The number of carbonyl (C=O) groups excluding carboxylic acids is 4. The van der Waals surface area contributed by atoms with Gasteiger partial charge in [-0.25, -0.2) is 0 Å². The van der Waals surface area contributed by atoms with Gasteiger partial charge >= 0.3 is 5.97 Å². The molecular weight excluding hydrogens is 631 g/mol. The number of hydrogen-bond donors (Lipinski definition) is 3. The van der Waals surface area contributed by atoms with E-state index in [1.54, 1.807) is 9.80 Å². The first-order valence-electron chi connectivity index (χ1n) is 16.8. The van der Waals surface area contributed by atoms with Gasteiger partial charge in [0.1, 0.15) is 12.1 Å². The molecule has 2 heterocycles. The third-order valence-corrected chi connectivity index (χ3v) is 11.4. The predicted octanol–water partition coefficient (Wildman–Crippen LogP) is 5.20. The summed E-state index contributed by atoms with van der Waals surface area (Å²) >= 11 is 12.2. The van der Waals surface area contributed by atoms with Crippen LogP contribution in [0.4, 0.5) is 0 Å². The normalized spacial score (nSPS) is 21.6. The van der Waals surface area contributed by atoms with Crippen LogP contribution in [0.5, 0.6) is 0 Å². The Morgan fingerprint density at radius 3 is 1.61 bits per heavy atom. The molecule has 1 aromatic rings. The molecule has 4 aliphatic rings. The van der Waals surface area contributed by atoms with Crippen molar-refractivity contribution in [2.24, 2.45) is 10.8 Å². The maximum atomic E-state index is 13.8. The van der Waals surface area contributed by atoms with Gasteiger partial charge in [-0.05, 0) is 86.8 Å². The number of aliphatic carboxylic acids is 1. The second-order valence-electron chi connectivity index (χ2n) is 14.0. The van der Waals surface area contributed by atoms with Crippen molar-refractivity contribution in [3.05, 3.63) is 33.8 Å². The van der Waals surface area contributed by atoms with Gasteiger partial charge in [0.25, 0.3) is 5.91 Å². The minimum Gasteiger partial charge on any atom is -0.481 e. The summed E-state index contributed by atoms with van der Waals surface area (Å²) in [7, 11) is 0. The van der Waals surface area contributed by atoms with Crippen molar-refractivity contribution in [2.45, 2.75) is 108 Å². The maximum Gasteiger partial charge on any atom is 0.305 e. The van der Waals surface area contributed by atoms with Crippen LogP contribution in [0.15, 0.2) is 18.2 Å². The number of rotatable bonds is 10. The van der Waals surface area contributed by atoms with E-state index in [-0.39, 0.29) is 39.8 Å². The average Bonchev–Trinajstić information content (AvgIpc) is 3.68. The third kappa shape index (κ3) is 8.54. The highest BCUT2D eigenvalue weighted by Crippen LogP contribution is 2.47. The smallest absolute Gasteiger partial charge is 0.305 e. The molecule has 5 rings (SSSR count). The monoisotopic (exact) mass is 676 g/mol. The van der Waals surface area contributed by atoms with Crippen LogP contribution in [-0.2, 0) is 19.2 Å². The summed E-state index contributed by atoms with van der Waals surface area (Å²) in [4.78, 5) is 68.7. The van der Waals surface area contributed by atoms with E-state index in [4.69, 9.17) is 23.2 Å². The number of carboxylic acids is 1. The van der Waals surface area contributed by atoms with Crippen LogP contribution in [0, 0.1) is 10.8 Å². The van der Waals surface area contributed by atoms with Crippen LogP contribution in [0.3, 0.4) is 0 Å². The molecule has 252 valence electrons. The second kappa shape index (κ2) is 14.9. The Morgan fingerprint density at radius 2 is 1.15 bits per heavy atom. The summed E-state index contributed by atoms with van der Waals surface area (Å²) in [6, 6.07) is 2.21. The molecule has 2 aliphatic heterocycles. The Labute approximate surface area is 280 Å². The van der Waals surface area contributed by atoms with Crippen LogP contribution in [0.1, 0.15) is 107 Å². The fourth-order valence-electron chi connectivity index (χ4n) is 8.19. The summed E-state index contributed by atoms with van der Waals surface area (Å²) in [6.45, 7) is 2.29. The minimum atomic E-state index is -1.20. The van der Waals surface area contributed by atoms with Gasteiger partial charge in [-0.15, -0.1) is 0 Å². The summed E-state index contributed by atoms with van der Waals surface area (Å²) in [5.74, 6) is -2.94. The first-order chi connectivity index (χ1) is 22.0. The predicted molar refractivity (Wildman–Crippen MR) is 175 cm³/mol. The molecular formula is C34H46Cl2N4O6. The van der Waals surface area contributed by atoms with Crippen molar-refractivity contribution in [2.75, 3.05) is 26.2 Å². The molecule has 0 aromatic heterocycles. The van der Waals surface area contributed by atoms with E-state index >= 15 is 0 Å². The number of likely N-dealkylation sites (tertiary alicyclic amines) is 2. The molecule has 0 radical (unpaired) electrons. The van der Waals surface area contributed by atoms with Gasteiger partial charge in [0.15, 0.2) is 0 Å². The van der Waals surface area contributed by atoms with E-state index in [0.29, 0.717) is 31.6 Å². The zero-order valence-corrected chi connectivity index (χ0v) is 28.0. The van der Waals surface area contributed by atoms with Crippen LogP contribution in [0.25, 0.3) is 0 Å². The standard InChI is InChI=1S/C34H46Cl2N4O6/c35-24-19-23(20-25(36)21-24)30(44)38-26(31(45)39-15-11-33(12-16-39)7-1-2-8-33)5-6-28(41)37-27(22-29(42)43)32(46)40-17-13-34(14-18-40)9-3-4-10-34/h19-21,26-27H,1-18,22H2,(H,37,41)(H,38,44)(H,42,43)/t26-,27-/m1/s1. The zero-order chi connectivity index (χ0) is 32.9. The topological polar surface area (TPSA) is 136 Å². The van der Waals surface area contributed by atoms with Crippen LogP contribution in [0.2, 0.25) is 10.0 Å². The van der Waals surface area contributed by atoms with Crippen molar-refractivity contribution < 1.29 is 29.1 Å². The number of carbonyl (C=O) groups is 5. The number of amides is 4. The van der Waals surface area contributed by atoms with E-state index in [2.05, 4.69) is 10.6 Å². The average molecular weight is 678 g/mol.